The molecule has 0 saturated heterocycles. The number of rotatable bonds is 8. The average Bonchev–Trinajstić information content (AvgIpc) is 2.53. The molecule has 28 heavy (non-hydrogen) atoms. The molecule has 1 N–H and O–H groups in total. The molecule has 0 aliphatic rings. The Labute approximate surface area is 166 Å². The van der Waals surface area contributed by atoms with Crippen LogP contribution < -0.4 is 9.47 Å². The Morgan fingerprint density at radius 1 is 0.893 bits per heavy atom. The molecule has 0 spiro atoms. The second-order valence-corrected chi connectivity index (χ2v) is 8.04. The van der Waals surface area contributed by atoms with Gasteiger partial charge in [0, 0.05) is 0 Å². The van der Waals surface area contributed by atoms with Crippen LogP contribution in [0.5, 0.6) is 11.5 Å². The number of carbonyl (C=O) groups is 2. The standard InChI is InChI=1S/C21H30O7/c1-20(2,3)27-18(23)13-25-16-10-9-15(8-7-11-22)12-17(16)26-14-19(24)28-21(4,5)6/h7-10,12,22H,11,13-14H2,1-6H3/b8-7+. The van der Waals surface area contributed by atoms with Gasteiger partial charge in [-0.15, -0.1) is 0 Å². The lowest BCUT2D eigenvalue weighted by molar-refractivity contribution is -0.158. The Morgan fingerprint density at radius 2 is 1.39 bits per heavy atom. The van der Waals surface area contributed by atoms with E-state index in [2.05, 4.69) is 0 Å². The normalized spacial score (nSPS) is 12.0. The quantitative estimate of drug-likeness (QED) is 0.677. The number of benzene rings is 1. The van der Waals surface area contributed by atoms with Gasteiger partial charge in [0.15, 0.2) is 24.7 Å². The Balaban J connectivity index is 2.88. The summed E-state index contributed by atoms with van der Waals surface area (Å²) in [5.41, 5.74) is -0.504. The summed E-state index contributed by atoms with van der Waals surface area (Å²) in [5.74, 6) is -0.484. The molecule has 0 atom stereocenters. The molecular formula is C21H30O7. The van der Waals surface area contributed by atoms with Crippen molar-refractivity contribution in [3.63, 3.8) is 0 Å². The molecule has 0 saturated carbocycles. The highest BCUT2D eigenvalue weighted by Gasteiger charge is 2.19. The first-order chi connectivity index (χ1) is 12.9. The predicted octanol–water partition coefficient (Wildman–Crippen LogP) is 3.13. The Bertz CT molecular complexity index is 694. The van der Waals surface area contributed by atoms with E-state index < -0.39 is 23.1 Å². The minimum absolute atomic E-state index is 0.106. The summed E-state index contributed by atoms with van der Waals surface area (Å²) in [5, 5.41) is 8.92. The molecule has 0 bridgehead atoms. The van der Waals surface area contributed by atoms with E-state index in [1.54, 1.807) is 71.9 Å². The second-order valence-electron chi connectivity index (χ2n) is 8.04. The second kappa shape index (κ2) is 10.1. The highest BCUT2D eigenvalue weighted by atomic mass is 16.6. The highest BCUT2D eigenvalue weighted by Crippen LogP contribution is 2.29. The van der Waals surface area contributed by atoms with Gasteiger partial charge in [-0.25, -0.2) is 9.59 Å². The first-order valence-corrected chi connectivity index (χ1v) is 9.00. The van der Waals surface area contributed by atoms with Crippen LogP contribution in [0.15, 0.2) is 24.3 Å². The highest BCUT2D eigenvalue weighted by molar-refractivity contribution is 5.72. The van der Waals surface area contributed by atoms with Gasteiger partial charge in [0.25, 0.3) is 0 Å². The largest absolute Gasteiger partial charge is 0.478 e. The fraction of sp³-hybridized carbons (Fsp3) is 0.524. The number of carbonyl (C=O) groups excluding carboxylic acids is 2. The van der Waals surface area contributed by atoms with E-state index in [1.165, 1.54) is 0 Å². The van der Waals surface area contributed by atoms with Crippen molar-refractivity contribution < 1.29 is 33.6 Å². The maximum Gasteiger partial charge on any atom is 0.344 e. The molecule has 0 aliphatic carbocycles. The van der Waals surface area contributed by atoms with Crippen LogP contribution in [-0.2, 0) is 19.1 Å². The van der Waals surface area contributed by atoms with Crippen LogP contribution in [0.2, 0.25) is 0 Å². The van der Waals surface area contributed by atoms with Crippen molar-refractivity contribution in [1.82, 2.24) is 0 Å². The first kappa shape index (κ1) is 23.5. The molecule has 1 aromatic carbocycles. The molecule has 1 rings (SSSR count). The SMILES string of the molecule is CC(C)(C)OC(=O)COc1ccc(/C=C/CO)cc1OCC(=O)OC(C)(C)C. The zero-order valence-electron chi connectivity index (χ0n) is 17.4. The van der Waals surface area contributed by atoms with Crippen molar-refractivity contribution in [1.29, 1.82) is 0 Å². The number of hydrogen-bond donors (Lipinski definition) is 1. The molecule has 0 amide bonds. The van der Waals surface area contributed by atoms with Gasteiger partial charge < -0.3 is 24.1 Å². The van der Waals surface area contributed by atoms with Gasteiger partial charge in [0.2, 0.25) is 0 Å². The fourth-order valence-electron chi connectivity index (χ4n) is 2.06. The zero-order chi connectivity index (χ0) is 21.4. The van der Waals surface area contributed by atoms with Crippen molar-refractivity contribution in [2.24, 2.45) is 0 Å². The van der Waals surface area contributed by atoms with Crippen molar-refractivity contribution >= 4 is 18.0 Å². The summed E-state index contributed by atoms with van der Waals surface area (Å²) in [6.07, 6.45) is 3.26. The van der Waals surface area contributed by atoms with E-state index >= 15 is 0 Å². The van der Waals surface area contributed by atoms with Crippen LogP contribution in [0.1, 0.15) is 47.1 Å². The summed E-state index contributed by atoms with van der Waals surface area (Å²) in [6, 6.07) is 4.99. The third-order valence-electron chi connectivity index (χ3n) is 2.91. The molecule has 1 aromatic rings. The van der Waals surface area contributed by atoms with E-state index in [0.29, 0.717) is 0 Å². The molecule has 0 aliphatic heterocycles. The average molecular weight is 394 g/mol. The van der Waals surface area contributed by atoms with E-state index in [0.717, 1.165) is 5.56 Å². The summed E-state index contributed by atoms with van der Waals surface area (Å²) >= 11 is 0. The predicted molar refractivity (Wildman–Crippen MR) is 105 cm³/mol. The third-order valence-corrected chi connectivity index (χ3v) is 2.91. The van der Waals surface area contributed by atoms with Crippen molar-refractivity contribution in [2.45, 2.75) is 52.7 Å². The topological polar surface area (TPSA) is 91.3 Å². The lowest BCUT2D eigenvalue weighted by Crippen LogP contribution is -2.28. The molecule has 0 fully saturated rings. The maximum absolute atomic E-state index is 11.9. The molecule has 7 heteroatoms. The lowest BCUT2D eigenvalue weighted by atomic mass is 10.2. The monoisotopic (exact) mass is 394 g/mol. The zero-order valence-corrected chi connectivity index (χ0v) is 17.4. The maximum atomic E-state index is 11.9. The van der Waals surface area contributed by atoms with Crippen LogP contribution in [0.25, 0.3) is 6.08 Å². The number of aliphatic hydroxyl groups excluding tert-OH is 1. The molecule has 156 valence electrons. The summed E-state index contributed by atoms with van der Waals surface area (Å²) in [6.45, 7) is 9.87. The number of ether oxygens (including phenoxy) is 4. The van der Waals surface area contributed by atoms with Gasteiger partial charge in [-0.1, -0.05) is 18.2 Å². The van der Waals surface area contributed by atoms with Gasteiger partial charge in [0.1, 0.15) is 11.2 Å². The van der Waals surface area contributed by atoms with Crippen molar-refractivity contribution in [3.8, 4) is 11.5 Å². The van der Waals surface area contributed by atoms with E-state index in [-0.39, 0.29) is 31.3 Å². The van der Waals surface area contributed by atoms with E-state index in [1.807, 2.05) is 0 Å². The minimum Gasteiger partial charge on any atom is -0.478 e. The summed E-state index contributed by atoms with van der Waals surface area (Å²) in [7, 11) is 0. The van der Waals surface area contributed by atoms with Gasteiger partial charge in [-0.3, -0.25) is 0 Å². The first-order valence-electron chi connectivity index (χ1n) is 9.00. The molecular weight excluding hydrogens is 364 g/mol. The Kier molecular flexibility index (Phi) is 8.50. The molecule has 0 unspecified atom stereocenters. The minimum atomic E-state index is -0.623. The summed E-state index contributed by atoms with van der Waals surface area (Å²) in [4.78, 5) is 23.8. The fourth-order valence-corrected chi connectivity index (χ4v) is 2.06. The van der Waals surface area contributed by atoms with Crippen molar-refractivity contribution in [2.75, 3.05) is 19.8 Å². The number of hydrogen-bond acceptors (Lipinski definition) is 7. The van der Waals surface area contributed by atoms with Crippen molar-refractivity contribution in [3.05, 3.63) is 29.8 Å². The molecule has 7 nitrogen and oxygen atoms in total. The lowest BCUT2D eigenvalue weighted by Gasteiger charge is -2.21. The van der Waals surface area contributed by atoms with Gasteiger partial charge in [-0.05, 0) is 59.2 Å². The van der Waals surface area contributed by atoms with Crippen LogP contribution in [0.3, 0.4) is 0 Å². The molecule has 0 radical (unpaired) electrons. The van der Waals surface area contributed by atoms with Crippen LogP contribution in [0.4, 0.5) is 0 Å². The van der Waals surface area contributed by atoms with Crippen LogP contribution in [0, 0.1) is 0 Å². The summed E-state index contributed by atoms with van der Waals surface area (Å²) < 4.78 is 21.5. The van der Waals surface area contributed by atoms with Crippen LogP contribution >= 0.6 is 0 Å². The Morgan fingerprint density at radius 3 is 1.86 bits per heavy atom. The van der Waals surface area contributed by atoms with Gasteiger partial charge in [-0.2, -0.15) is 0 Å². The van der Waals surface area contributed by atoms with Gasteiger partial charge in [0.05, 0.1) is 6.61 Å². The molecule has 0 heterocycles. The Hall–Kier alpha value is -2.54. The number of aliphatic hydroxyl groups is 1. The molecule has 0 aromatic heterocycles. The van der Waals surface area contributed by atoms with E-state index in [9.17, 15) is 9.59 Å². The van der Waals surface area contributed by atoms with E-state index in [4.69, 9.17) is 24.1 Å². The van der Waals surface area contributed by atoms with Crippen LogP contribution in [-0.4, -0.2) is 48.1 Å². The third kappa shape index (κ3) is 9.97. The van der Waals surface area contributed by atoms with Gasteiger partial charge >= 0.3 is 11.9 Å². The number of esters is 2. The smallest absolute Gasteiger partial charge is 0.344 e.